The van der Waals surface area contributed by atoms with E-state index in [0.29, 0.717) is 24.6 Å². The van der Waals surface area contributed by atoms with Gasteiger partial charge in [0.05, 0.1) is 5.69 Å². The van der Waals surface area contributed by atoms with Crippen molar-refractivity contribution in [1.82, 2.24) is 4.90 Å². The Hall–Kier alpha value is -2.17. The van der Waals surface area contributed by atoms with Crippen molar-refractivity contribution in [3.05, 3.63) is 29.8 Å². The summed E-state index contributed by atoms with van der Waals surface area (Å²) in [7, 11) is 0. The van der Waals surface area contributed by atoms with Gasteiger partial charge in [-0.05, 0) is 50.3 Å². The molecule has 0 unspecified atom stereocenters. The molecule has 2 aliphatic rings. The minimum absolute atomic E-state index is 0.00621. The third kappa shape index (κ3) is 3.35. The molecule has 1 aromatic carbocycles. The summed E-state index contributed by atoms with van der Waals surface area (Å²) in [5.41, 5.74) is 2.31. The molecule has 1 aromatic rings. The number of carbonyl (C=O) groups is 2. The quantitative estimate of drug-likeness (QED) is 0.855. The molecule has 1 atom stereocenters. The molecule has 0 aliphatic carbocycles. The van der Waals surface area contributed by atoms with Gasteiger partial charge in [-0.15, -0.1) is 0 Å². The highest BCUT2D eigenvalue weighted by Crippen LogP contribution is 2.24. The molecule has 0 spiro atoms. The number of aryl methyl sites for hydroxylation is 1. The molecule has 2 aliphatic heterocycles. The van der Waals surface area contributed by atoms with Crippen LogP contribution in [-0.2, 0) is 9.59 Å². The summed E-state index contributed by atoms with van der Waals surface area (Å²) in [6.07, 6.45) is 5.05. The van der Waals surface area contributed by atoms with E-state index in [1.165, 1.54) is 11.4 Å². The summed E-state index contributed by atoms with van der Waals surface area (Å²) in [6.45, 7) is 4.91. The van der Waals surface area contributed by atoms with Crippen LogP contribution < -0.4 is 5.01 Å². The Bertz CT molecular complexity index is 668. The Kier molecular flexibility index (Phi) is 4.97. The zero-order valence-corrected chi connectivity index (χ0v) is 14.5. The maximum atomic E-state index is 12.9. The first kappa shape index (κ1) is 16.7. The van der Waals surface area contributed by atoms with E-state index in [-0.39, 0.29) is 11.8 Å². The Labute approximate surface area is 143 Å². The van der Waals surface area contributed by atoms with Gasteiger partial charge in [0.25, 0.3) is 5.91 Å². The molecule has 1 fully saturated rings. The first-order valence-corrected chi connectivity index (χ1v) is 8.88. The third-order valence-corrected chi connectivity index (χ3v) is 4.88. The van der Waals surface area contributed by atoms with E-state index in [1.54, 1.807) is 0 Å². The van der Waals surface area contributed by atoms with Crippen molar-refractivity contribution < 1.29 is 9.59 Å². The zero-order chi connectivity index (χ0) is 17.1. The largest absolute Gasteiger partial charge is 0.335 e. The molecule has 0 radical (unpaired) electrons. The fourth-order valence-electron chi connectivity index (χ4n) is 3.53. The number of hydrogen-bond donors (Lipinski definition) is 0. The van der Waals surface area contributed by atoms with E-state index >= 15 is 0 Å². The van der Waals surface area contributed by atoms with Gasteiger partial charge in [-0.25, -0.2) is 5.01 Å². The van der Waals surface area contributed by atoms with Gasteiger partial charge in [0.2, 0.25) is 5.91 Å². The van der Waals surface area contributed by atoms with Crippen LogP contribution in [-0.4, -0.2) is 35.0 Å². The maximum absolute atomic E-state index is 12.9. The highest BCUT2D eigenvalue weighted by Gasteiger charge is 2.32. The molecule has 5 heteroatoms. The number of anilines is 1. The van der Waals surface area contributed by atoms with Crippen LogP contribution in [0.2, 0.25) is 0 Å². The second-order valence-corrected chi connectivity index (χ2v) is 6.65. The first-order chi connectivity index (χ1) is 11.6. The fourth-order valence-corrected chi connectivity index (χ4v) is 3.53. The van der Waals surface area contributed by atoms with E-state index in [4.69, 9.17) is 0 Å². The summed E-state index contributed by atoms with van der Waals surface area (Å²) < 4.78 is 0. The van der Waals surface area contributed by atoms with Crippen LogP contribution in [0.5, 0.6) is 0 Å². The molecule has 2 amide bonds. The smallest absolute Gasteiger partial charge is 0.270 e. The van der Waals surface area contributed by atoms with Crippen LogP contribution >= 0.6 is 0 Å². The van der Waals surface area contributed by atoms with Gasteiger partial charge in [0.1, 0.15) is 5.71 Å². The van der Waals surface area contributed by atoms with Gasteiger partial charge in [-0.3, -0.25) is 9.59 Å². The lowest BCUT2D eigenvalue weighted by Crippen LogP contribution is -2.48. The average Bonchev–Trinajstić information content (AvgIpc) is 2.61. The van der Waals surface area contributed by atoms with Crippen molar-refractivity contribution in [2.75, 3.05) is 11.6 Å². The van der Waals surface area contributed by atoms with Gasteiger partial charge in [0.15, 0.2) is 0 Å². The summed E-state index contributed by atoms with van der Waals surface area (Å²) in [4.78, 5) is 27.2. The van der Waals surface area contributed by atoms with Crippen molar-refractivity contribution in [2.45, 2.75) is 58.4 Å². The van der Waals surface area contributed by atoms with E-state index in [0.717, 1.165) is 37.1 Å². The average molecular weight is 327 g/mol. The van der Waals surface area contributed by atoms with E-state index in [2.05, 4.69) is 12.0 Å². The number of likely N-dealkylation sites (tertiary alicyclic amines) is 1. The van der Waals surface area contributed by atoms with Gasteiger partial charge < -0.3 is 4.90 Å². The molecule has 3 rings (SSSR count). The molecule has 0 bridgehead atoms. The molecule has 24 heavy (non-hydrogen) atoms. The highest BCUT2D eigenvalue weighted by atomic mass is 16.2. The second kappa shape index (κ2) is 7.16. The lowest BCUT2D eigenvalue weighted by molar-refractivity contribution is -0.127. The monoisotopic (exact) mass is 327 g/mol. The number of rotatable bonds is 3. The fraction of sp³-hybridized carbons (Fsp3) is 0.526. The Morgan fingerprint density at radius 2 is 2.12 bits per heavy atom. The minimum Gasteiger partial charge on any atom is -0.335 e. The van der Waals surface area contributed by atoms with Gasteiger partial charge in [-0.1, -0.05) is 19.1 Å². The van der Waals surface area contributed by atoms with Crippen molar-refractivity contribution >= 4 is 23.2 Å². The number of benzene rings is 1. The summed E-state index contributed by atoms with van der Waals surface area (Å²) in [5, 5.41) is 5.82. The molecule has 2 heterocycles. The number of nitrogens with zero attached hydrogens (tertiary/aromatic N) is 3. The minimum atomic E-state index is -0.0529. The Morgan fingerprint density at radius 1 is 1.29 bits per heavy atom. The van der Waals surface area contributed by atoms with Gasteiger partial charge >= 0.3 is 0 Å². The summed E-state index contributed by atoms with van der Waals surface area (Å²) >= 11 is 0. The predicted octanol–water partition coefficient (Wildman–Crippen LogP) is 3.27. The van der Waals surface area contributed by atoms with Crippen LogP contribution in [0.4, 0.5) is 5.69 Å². The highest BCUT2D eigenvalue weighted by molar-refractivity contribution is 6.40. The molecule has 1 saturated heterocycles. The van der Waals surface area contributed by atoms with Crippen LogP contribution in [0.1, 0.15) is 51.0 Å². The second-order valence-electron chi connectivity index (χ2n) is 6.65. The number of hydrogen-bond acceptors (Lipinski definition) is 3. The Morgan fingerprint density at radius 3 is 2.88 bits per heavy atom. The van der Waals surface area contributed by atoms with Crippen LogP contribution in [0.3, 0.4) is 0 Å². The molecule has 0 saturated carbocycles. The van der Waals surface area contributed by atoms with Crippen molar-refractivity contribution in [2.24, 2.45) is 5.10 Å². The normalized spacial score (nSPS) is 21.7. The number of hydrazone groups is 1. The lowest BCUT2D eigenvalue weighted by atomic mass is 9.98. The van der Waals surface area contributed by atoms with Crippen molar-refractivity contribution in [3.8, 4) is 0 Å². The van der Waals surface area contributed by atoms with Gasteiger partial charge in [0, 0.05) is 25.4 Å². The molecule has 0 aromatic heterocycles. The number of carbonyl (C=O) groups excluding carboxylic acids is 2. The van der Waals surface area contributed by atoms with Crippen LogP contribution in [0.25, 0.3) is 0 Å². The molecule has 0 N–H and O–H groups in total. The molecular weight excluding hydrogens is 302 g/mol. The third-order valence-electron chi connectivity index (χ3n) is 4.88. The summed E-state index contributed by atoms with van der Waals surface area (Å²) in [6, 6.07) is 7.97. The topological polar surface area (TPSA) is 53.0 Å². The van der Waals surface area contributed by atoms with E-state index < -0.39 is 0 Å². The number of piperidine rings is 1. The Balaban J connectivity index is 1.85. The summed E-state index contributed by atoms with van der Waals surface area (Å²) in [5.74, 6) is -0.0467. The van der Waals surface area contributed by atoms with Crippen molar-refractivity contribution in [1.29, 1.82) is 0 Å². The van der Waals surface area contributed by atoms with E-state index in [9.17, 15) is 9.59 Å². The zero-order valence-electron chi connectivity index (χ0n) is 14.5. The van der Waals surface area contributed by atoms with Crippen LogP contribution in [0, 0.1) is 6.92 Å². The van der Waals surface area contributed by atoms with Crippen LogP contribution in [0.15, 0.2) is 29.4 Å². The van der Waals surface area contributed by atoms with Gasteiger partial charge in [-0.2, -0.15) is 5.10 Å². The molecular formula is C19H25N3O2. The molecule has 128 valence electrons. The standard InChI is InChI=1S/C19H25N3O2/c1-3-15-8-4-5-12-21(15)19(24)17-10-11-18(23)22(20-17)16-9-6-7-14(2)13-16/h6-7,9,13,15H,3-5,8,10-12H2,1-2H3/t15-/m0/s1. The predicted molar refractivity (Wildman–Crippen MR) is 95.0 cm³/mol. The maximum Gasteiger partial charge on any atom is 0.270 e. The lowest BCUT2D eigenvalue weighted by Gasteiger charge is -2.36. The van der Waals surface area contributed by atoms with E-state index in [1.807, 2.05) is 36.1 Å². The molecule has 5 nitrogen and oxygen atoms in total. The first-order valence-electron chi connectivity index (χ1n) is 8.88. The number of amides is 2. The SMILES string of the molecule is CC[C@H]1CCCCN1C(=O)C1=NN(c2cccc(C)c2)C(=O)CC1. The van der Waals surface area contributed by atoms with Crippen molar-refractivity contribution in [3.63, 3.8) is 0 Å².